The van der Waals surface area contributed by atoms with Crippen LogP contribution in [-0.4, -0.2) is 99.9 Å². The summed E-state index contributed by atoms with van der Waals surface area (Å²) in [6.45, 7) is 0. The quantitative estimate of drug-likeness (QED) is 0.134. The van der Waals surface area contributed by atoms with E-state index >= 15 is 0 Å². The second-order valence-corrected chi connectivity index (χ2v) is 12.4. The van der Waals surface area contributed by atoms with Crippen LogP contribution >= 0.6 is 0 Å². The fraction of sp³-hybridized carbons (Fsp3) is 0.486. The van der Waals surface area contributed by atoms with Gasteiger partial charge in [0.1, 0.15) is 23.5 Å². The predicted molar refractivity (Wildman–Crippen MR) is 186 cm³/mol. The number of esters is 6. The third kappa shape index (κ3) is 10.4. The van der Waals surface area contributed by atoms with E-state index in [-0.39, 0.29) is 98.0 Å². The molecule has 0 saturated carbocycles. The Morgan fingerprint density at radius 1 is 0.545 bits per heavy atom. The van der Waals surface area contributed by atoms with Crippen molar-refractivity contribution in [1.29, 1.82) is 10.5 Å². The van der Waals surface area contributed by atoms with Crippen LogP contribution in [0.2, 0.25) is 0 Å². The SMILES string of the molecule is COC(=O)CCC1=C(CC(=O)OC)C(Cc2[nH]c(C#N)c(CC(=O)OC)c2CCC(=O)OC)(Cc2[nH]c(C#N)c(CCC(=O)OC)c2CC(=O)OC)NC1=O. The lowest BCUT2D eigenvalue weighted by molar-refractivity contribution is -0.141. The van der Waals surface area contributed by atoms with Crippen molar-refractivity contribution in [3.8, 4) is 12.1 Å². The molecule has 18 heteroatoms. The Labute approximate surface area is 316 Å². The van der Waals surface area contributed by atoms with Gasteiger partial charge in [-0.15, -0.1) is 0 Å². The highest BCUT2D eigenvalue weighted by Gasteiger charge is 2.47. The Bertz CT molecular complexity index is 1960. The van der Waals surface area contributed by atoms with E-state index in [1.165, 1.54) is 35.5 Å². The zero-order valence-corrected chi connectivity index (χ0v) is 31.5. The van der Waals surface area contributed by atoms with Crippen molar-refractivity contribution >= 4 is 41.7 Å². The van der Waals surface area contributed by atoms with Gasteiger partial charge in [-0.3, -0.25) is 33.6 Å². The van der Waals surface area contributed by atoms with Gasteiger partial charge in [-0.05, 0) is 41.5 Å². The summed E-state index contributed by atoms with van der Waals surface area (Å²) in [5.74, 6) is -4.54. The molecule has 3 rings (SSSR count). The minimum atomic E-state index is -1.61. The zero-order chi connectivity index (χ0) is 40.9. The Kier molecular flexibility index (Phi) is 15.3. The van der Waals surface area contributed by atoms with E-state index in [1.807, 2.05) is 6.07 Å². The normalized spacial score (nSPS) is 14.7. The maximum atomic E-state index is 14.0. The summed E-state index contributed by atoms with van der Waals surface area (Å²) in [5.41, 5.74) is 0.438. The third-order valence-corrected chi connectivity index (χ3v) is 9.43. The number of nitrogens with one attached hydrogen (secondary N) is 3. The maximum absolute atomic E-state index is 14.0. The molecule has 1 atom stereocenters. The fourth-order valence-electron chi connectivity index (χ4n) is 6.69. The number of hydrogen-bond donors (Lipinski definition) is 3. The van der Waals surface area contributed by atoms with Crippen molar-refractivity contribution in [3.05, 3.63) is 56.2 Å². The molecule has 0 spiro atoms. The van der Waals surface area contributed by atoms with Gasteiger partial charge in [-0.25, -0.2) is 0 Å². The Hall–Kier alpha value is -6.43. The fourth-order valence-corrected chi connectivity index (χ4v) is 6.69. The highest BCUT2D eigenvalue weighted by Crippen LogP contribution is 2.40. The van der Waals surface area contributed by atoms with Gasteiger partial charge in [-0.1, -0.05) is 0 Å². The number of methoxy groups -OCH3 is 6. The summed E-state index contributed by atoms with van der Waals surface area (Å²) in [6.07, 6.45) is -2.33. The summed E-state index contributed by atoms with van der Waals surface area (Å²) in [6, 6.07) is 4.09. The van der Waals surface area contributed by atoms with Crippen molar-refractivity contribution in [2.45, 2.75) is 76.2 Å². The molecule has 3 N–H and O–H groups in total. The lowest BCUT2D eigenvalue weighted by Crippen LogP contribution is -2.49. The van der Waals surface area contributed by atoms with E-state index in [2.05, 4.69) is 21.4 Å². The molecule has 0 aromatic carbocycles. The van der Waals surface area contributed by atoms with Crippen molar-refractivity contribution in [3.63, 3.8) is 0 Å². The molecule has 18 nitrogen and oxygen atoms in total. The zero-order valence-electron chi connectivity index (χ0n) is 31.5. The van der Waals surface area contributed by atoms with Crippen molar-refractivity contribution in [1.82, 2.24) is 15.3 Å². The van der Waals surface area contributed by atoms with Gasteiger partial charge in [0.2, 0.25) is 5.91 Å². The van der Waals surface area contributed by atoms with Gasteiger partial charge in [0.05, 0.1) is 67.5 Å². The van der Waals surface area contributed by atoms with Crippen LogP contribution in [0.3, 0.4) is 0 Å². The molecule has 1 aliphatic rings. The molecule has 1 aliphatic heterocycles. The Balaban J connectivity index is 2.43. The summed E-state index contributed by atoms with van der Waals surface area (Å²) >= 11 is 0. The molecule has 0 fully saturated rings. The second kappa shape index (κ2) is 19.6. The molecule has 0 radical (unpaired) electrons. The molecule has 3 heterocycles. The summed E-state index contributed by atoms with van der Waals surface area (Å²) in [7, 11) is 7.11. The molecule has 0 bridgehead atoms. The van der Waals surface area contributed by atoms with Crippen molar-refractivity contribution in [2.75, 3.05) is 42.7 Å². The molecule has 294 valence electrons. The lowest BCUT2D eigenvalue weighted by atomic mass is 9.77. The second-order valence-electron chi connectivity index (χ2n) is 12.4. The number of ether oxygens (including phenoxy) is 6. The smallest absolute Gasteiger partial charge is 0.310 e. The number of hydrogen-bond acceptors (Lipinski definition) is 15. The summed E-state index contributed by atoms with van der Waals surface area (Å²) in [5, 5.41) is 23.3. The van der Waals surface area contributed by atoms with Crippen LogP contribution in [-0.2, 0) is 101 Å². The number of carbonyl (C=O) groups excluding carboxylic acids is 7. The van der Waals surface area contributed by atoms with E-state index in [1.54, 1.807) is 0 Å². The van der Waals surface area contributed by atoms with E-state index in [9.17, 15) is 44.1 Å². The standard InChI is InChI=1S/C37H43N5O13/c1-50-30(43)10-7-20-24(14-34(47)54-5)29(19-39)40-26(20)16-37(25(15-35(48)55-6)22(36(49)42-37)9-12-32(45)52-3)17-27-23(13-33(46)53-4)21(28(18-38)41-27)8-11-31(44)51-2/h40-41H,7-17H2,1-6H3,(H,42,49). The third-order valence-electron chi connectivity index (χ3n) is 9.43. The summed E-state index contributed by atoms with van der Waals surface area (Å²) in [4.78, 5) is 95.3. The van der Waals surface area contributed by atoms with Gasteiger partial charge >= 0.3 is 35.8 Å². The van der Waals surface area contributed by atoms with E-state index in [0.717, 1.165) is 7.11 Å². The number of H-pyrrole nitrogens is 2. The van der Waals surface area contributed by atoms with E-state index in [0.29, 0.717) is 22.4 Å². The van der Waals surface area contributed by atoms with Gasteiger partial charge < -0.3 is 43.7 Å². The maximum Gasteiger partial charge on any atom is 0.310 e. The van der Waals surface area contributed by atoms with Gasteiger partial charge in [0.25, 0.3) is 0 Å². The molecular weight excluding hydrogens is 722 g/mol. The predicted octanol–water partition coefficient (Wildman–Crippen LogP) is 1.20. The number of carbonyl (C=O) groups is 7. The van der Waals surface area contributed by atoms with Crippen molar-refractivity contribution < 1.29 is 62.0 Å². The van der Waals surface area contributed by atoms with Crippen LogP contribution in [0.25, 0.3) is 0 Å². The van der Waals surface area contributed by atoms with Gasteiger partial charge in [-0.2, -0.15) is 10.5 Å². The minimum Gasteiger partial charge on any atom is -0.469 e. The highest BCUT2D eigenvalue weighted by atomic mass is 16.5. The Morgan fingerprint density at radius 3 is 1.42 bits per heavy atom. The minimum absolute atomic E-state index is 0.0102. The largest absolute Gasteiger partial charge is 0.469 e. The van der Waals surface area contributed by atoms with Crippen LogP contribution in [0, 0.1) is 22.7 Å². The molecule has 2 aromatic heterocycles. The first-order chi connectivity index (χ1) is 26.2. The first kappa shape index (κ1) is 43.0. The van der Waals surface area contributed by atoms with Crippen LogP contribution in [0.1, 0.15) is 77.1 Å². The van der Waals surface area contributed by atoms with Gasteiger partial charge in [0.15, 0.2) is 0 Å². The summed E-state index contributed by atoms with van der Waals surface area (Å²) < 4.78 is 29.3. The first-order valence-electron chi connectivity index (χ1n) is 17.0. The molecule has 1 amide bonds. The number of aromatic nitrogens is 2. The molecular formula is C37H43N5O13. The molecule has 0 saturated heterocycles. The van der Waals surface area contributed by atoms with Gasteiger partial charge in [0, 0.05) is 54.6 Å². The monoisotopic (exact) mass is 765 g/mol. The van der Waals surface area contributed by atoms with Crippen LogP contribution in [0.4, 0.5) is 0 Å². The van der Waals surface area contributed by atoms with Crippen LogP contribution < -0.4 is 5.32 Å². The lowest BCUT2D eigenvalue weighted by Gasteiger charge is -2.33. The average Bonchev–Trinajstić information content (AvgIpc) is 3.77. The number of aromatic amines is 2. The molecule has 1 unspecified atom stereocenters. The highest BCUT2D eigenvalue weighted by molar-refractivity contribution is 6.00. The molecule has 0 aliphatic carbocycles. The number of nitriles is 2. The molecule has 2 aromatic rings. The first-order valence-corrected chi connectivity index (χ1v) is 17.0. The topological polar surface area (TPSA) is 266 Å². The number of rotatable bonds is 19. The van der Waals surface area contributed by atoms with Crippen molar-refractivity contribution in [2.24, 2.45) is 0 Å². The van der Waals surface area contributed by atoms with E-state index < -0.39 is 53.7 Å². The number of nitrogens with zero attached hydrogens (tertiary/aromatic N) is 2. The number of amides is 1. The molecule has 55 heavy (non-hydrogen) atoms. The van der Waals surface area contributed by atoms with Crippen LogP contribution in [0.15, 0.2) is 11.1 Å². The average molecular weight is 766 g/mol. The van der Waals surface area contributed by atoms with Crippen LogP contribution in [0.5, 0.6) is 0 Å². The Morgan fingerprint density at radius 2 is 0.945 bits per heavy atom. The van der Waals surface area contributed by atoms with E-state index in [4.69, 9.17) is 28.4 Å².